The number of halogens is 2. The number of carbonyl (C=O) groups excluding carboxylic acids is 3. The van der Waals surface area contributed by atoms with Crippen molar-refractivity contribution in [1.29, 1.82) is 0 Å². The van der Waals surface area contributed by atoms with Crippen LogP contribution in [0.25, 0.3) is 0 Å². The number of likely N-dealkylation sites (N-methyl/N-ethyl adjacent to an activating group) is 1. The summed E-state index contributed by atoms with van der Waals surface area (Å²) >= 11 is 7.29. The summed E-state index contributed by atoms with van der Waals surface area (Å²) in [6.07, 6.45) is 0. The van der Waals surface area contributed by atoms with Gasteiger partial charge in [0.25, 0.3) is 11.8 Å². The number of nitrogens with zero attached hydrogens (tertiary/aromatic N) is 1. The normalized spacial score (nSPS) is 10.4. The Labute approximate surface area is 187 Å². The van der Waals surface area contributed by atoms with Gasteiger partial charge in [0.15, 0.2) is 6.61 Å². The van der Waals surface area contributed by atoms with E-state index in [1.807, 2.05) is 0 Å². The second kappa shape index (κ2) is 10.2. The van der Waals surface area contributed by atoms with Gasteiger partial charge in [0.05, 0.1) is 10.4 Å². The minimum absolute atomic E-state index is 0.0550. The van der Waals surface area contributed by atoms with Crippen LogP contribution in [0.4, 0.5) is 10.1 Å². The van der Waals surface area contributed by atoms with Crippen molar-refractivity contribution in [3.8, 4) is 0 Å². The minimum Gasteiger partial charge on any atom is -0.452 e. The molecule has 0 saturated heterocycles. The Hall–Kier alpha value is -3.23. The first-order chi connectivity index (χ1) is 14.8. The molecule has 1 heterocycles. The Bertz CT molecular complexity index is 1070. The number of benzene rings is 2. The van der Waals surface area contributed by atoms with E-state index >= 15 is 0 Å². The van der Waals surface area contributed by atoms with E-state index in [2.05, 4.69) is 5.32 Å². The number of carbonyl (C=O) groups is 3. The number of nitrogens with one attached hydrogen (secondary N) is 1. The van der Waals surface area contributed by atoms with E-state index in [9.17, 15) is 18.8 Å². The van der Waals surface area contributed by atoms with E-state index in [-0.39, 0.29) is 28.6 Å². The van der Waals surface area contributed by atoms with Gasteiger partial charge in [-0.2, -0.15) is 0 Å². The molecule has 0 spiro atoms. The fourth-order valence-electron chi connectivity index (χ4n) is 2.62. The Morgan fingerprint density at radius 2 is 1.84 bits per heavy atom. The lowest BCUT2D eigenvalue weighted by Crippen LogP contribution is -2.31. The van der Waals surface area contributed by atoms with Crippen LogP contribution in [0, 0.1) is 5.82 Å². The zero-order chi connectivity index (χ0) is 22.4. The molecule has 2 amide bonds. The summed E-state index contributed by atoms with van der Waals surface area (Å²) in [5, 5.41) is 4.74. The highest BCUT2D eigenvalue weighted by Crippen LogP contribution is 2.20. The molecule has 9 heteroatoms. The number of rotatable bonds is 7. The molecule has 6 nitrogen and oxygen atoms in total. The average Bonchev–Trinajstić information content (AvgIpc) is 3.30. The van der Waals surface area contributed by atoms with E-state index in [1.165, 1.54) is 53.6 Å². The molecule has 0 unspecified atom stereocenters. The summed E-state index contributed by atoms with van der Waals surface area (Å²) in [4.78, 5) is 38.3. The molecule has 0 aliphatic heterocycles. The first kappa shape index (κ1) is 22.5. The lowest BCUT2D eigenvalue weighted by molar-refractivity contribution is -0.133. The fourth-order valence-corrected chi connectivity index (χ4v) is 3.46. The SMILES string of the molecule is CN(Cc1c(F)cccc1Cl)C(=O)COC(=O)c1ccc(NC(=O)c2cccs2)cc1. The van der Waals surface area contributed by atoms with Crippen LogP contribution in [0.15, 0.2) is 60.0 Å². The molecule has 0 aliphatic rings. The van der Waals surface area contributed by atoms with Crippen LogP contribution in [-0.2, 0) is 16.1 Å². The van der Waals surface area contributed by atoms with Crippen LogP contribution in [0.2, 0.25) is 5.02 Å². The van der Waals surface area contributed by atoms with Crippen LogP contribution in [0.1, 0.15) is 25.6 Å². The molecule has 0 fully saturated rings. The molecule has 1 N–H and O–H groups in total. The van der Waals surface area contributed by atoms with Gasteiger partial charge >= 0.3 is 5.97 Å². The minimum atomic E-state index is -0.693. The van der Waals surface area contributed by atoms with Gasteiger partial charge in [-0.05, 0) is 47.8 Å². The lowest BCUT2D eigenvalue weighted by atomic mass is 10.2. The Balaban J connectivity index is 1.51. The number of amides is 2. The molecule has 160 valence electrons. The maximum atomic E-state index is 13.9. The van der Waals surface area contributed by atoms with E-state index < -0.39 is 24.3 Å². The van der Waals surface area contributed by atoms with Crippen molar-refractivity contribution in [2.45, 2.75) is 6.54 Å². The topological polar surface area (TPSA) is 75.7 Å². The molecule has 31 heavy (non-hydrogen) atoms. The van der Waals surface area contributed by atoms with Crippen LogP contribution in [0.3, 0.4) is 0 Å². The van der Waals surface area contributed by atoms with Gasteiger partial charge in [0.1, 0.15) is 5.82 Å². The standard InChI is InChI=1S/C22H18ClFN2O4S/c1-26(12-16-17(23)4-2-5-18(16)24)20(27)13-30-22(29)14-7-9-15(10-8-14)25-21(28)19-6-3-11-31-19/h2-11H,12-13H2,1H3,(H,25,28). The van der Waals surface area contributed by atoms with Gasteiger partial charge in [-0.15, -0.1) is 11.3 Å². The van der Waals surface area contributed by atoms with Crippen molar-refractivity contribution < 1.29 is 23.5 Å². The highest BCUT2D eigenvalue weighted by Gasteiger charge is 2.17. The Morgan fingerprint density at radius 3 is 2.48 bits per heavy atom. The second-order valence-corrected chi connectivity index (χ2v) is 7.89. The van der Waals surface area contributed by atoms with Gasteiger partial charge in [-0.3, -0.25) is 9.59 Å². The molecule has 3 aromatic rings. The summed E-state index contributed by atoms with van der Waals surface area (Å²) < 4.78 is 18.9. The van der Waals surface area contributed by atoms with E-state index in [0.29, 0.717) is 10.6 Å². The van der Waals surface area contributed by atoms with Gasteiger partial charge < -0.3 is 15.0 Å². The molecule has 3 rings (SSSR count). The average molecular weight is 461 g/mol. The molecule has 0 atom stereocenters. The van der Waals surface area contributed by atoms with Gasteiger partial charge in [-0.25, -0.2) is 9.18 Å². The summed E-state index contributed by atoms with van der Waals surface area (Å²) in [5.41, 5.74) is 0.931. The largest absolute Gasteiger partial charge is 0.452 e. The maximum absolute atomic E-state index is 13.9. The van der Waals surface area contributed by atoms with E-state index in [1.54, 1.807) is 29.6 Å². The predicted molar refractivity (Wildman–Crippen MR) is 117 cm³/mol. The third kappa shape index (κ3) is 5.90. The third-order valence-electron chi connectivity index (χ3n) is 4.33. The highest BCUT2D eigenvalue weighted by atomic mass is 35.5. The monoisotopic (exact) mass is 460 g/mol. The first-order valence-corrected chi connectivity index (χ1v) is 10.4. The summed E-state index contributed by atoms with van der Waals surface area (Å²) in [6.45, 7) is -0.557. The molecular weight excluding hydrogens is 443 g/mol. The van der Waals surface area contributed by atoms with Gasteiger partial charge in [0.2, 0.25) is 0 Å². The quantitative estimate of drug-likeness (QED) is 0.522. The second-order valence-electron chi connectivity index (χ2n) is 6.53. The highest BCUT2D eigenvalue weighted by molar-refractivity contribution is 7.12. The molecule has 0 aliphatic carbocycles. The van der Waals surface area contributed by atoms with Gasteiger partial charge in [-0.1, -0.05) is 23.7 Å². The maximum Gasteiger partial charge on any atom is 0.338 e. The van der Waals surface area contributed by atoms with Crippen molar-refractivity contribution in [3.05, 3.63) is 86.8 Å². The molecular formula is C22H18ClFN2O4S. The Morgan fingerprint density at radius 1 is 1.10 bits per heavy atom. The zero-order valence-electron chi connectivity index (χ0n) is 16.4. The number of thiophene rings is 1. The first-order valence-electron chi connectivity index (χ1n) is 9.14. The number of hydrogen-bond donors (Lipinski definition) is 1. The smallest absolute Gasteiger partial charge is 0.338 e. The third-order valence-corrected chi connectivity index (χ3v) is 5.56. The molecule has 0 bridgehead atoms. The van der Waals surface area contributed by atoms with Crippen LogP contribution < -0.4 is 5.32 Å². The lowest BCUT2D eigenvalue weighted by Gasteiger charge is -2.18. The summed E-state index contributed by atoms with van der Waals surface area (Å²) in [7, 11) is 1.46. The number of anilines is 1. The van der Waals surface area contributed by atoms with Crippen molar-refractivity contribution in [2.75, 3.05) is 19.0 Å². The van der Waals surface area contributed by atoms with Crippen molar-refractivity contribution in [1.82, 2.24) is 4.90 Å². The number of ether oxygens (including phenoxy) is 1. The predicted octanol–water partition coefficient (Wildman–Crippen LogP) is 4.61. The van der Waals surface area contributed by atoms with Crippen molar-refractivity contribution >= 4 is 46.4 Å². The summed E-state index contributed by atoms with van der Waals surface area (Å²) in [6, 6.07) is 13.9. The van der Waals surface area contributed by atoms with Crippen LogP contribution in [0.5, 0.6) is 0 Å². The van der Waals surface area contributed by atoms with E-state index in [4.69, 9.17) is 16.3 Å². The fraction of sp³-hybridized carbons (Fsp3) is 0.136. The summed E-state index contributed by atoms with van der Waals surface area (Å²) in [5.74, 6) is -1.96. The Kier molecular flexibility index (Phi) is 7.38. The molecule has 2 aromatic carbocycles. The van der Waals surface area contributed by atoms with Crippen LogP contribution >= 0.6 is 22.9 Å². The van der Waals surface area contributed by atoms with Crippen molar-refractivity contribution in [2.24, 2.45) is 0 Å². The molecule has 0 radical (unpaired) electrons. The number of esters is 1. The molecule has 1 aromatic heterocycles. The van der Waals surface area contributed by atoms with Crippen LogP contribution in [-0.4, -0.2) is 36.3 Å². The van der Waals surface area contributed by atoms with E-state index in [0.717, 1.165) is 0 Å². The van der Waals surface area contributed by atoms with Crippen molar-refractivity contribution in [3.63, 3.8) is 0 Å². The van der Waals surface area contributed by atoms with Gasteiger partial charge in [0, 0.05) is 29.9 Å². The molecule has 0 saturated carbocycles. The number of hydrogen-bond acceptors (Lipinski definition) is 5. The zero-order valence-corrected chi connectivity index (χ0v) is 18.0.